The van der Waals surface area contributed by atoms with E-state index in [1.54, 1.807) is 0 Å². The molecule has 0 unspecified atom stereocenters. The van der Waals surface area contributed by atoms with E-state index in [1.165, 1.54) is 17.5 Å². The predicted molar refractivity (Wildman–Crippen MR) is 83.9 cm³/mol. The van der Waals surface area contributed by atoms with Crippen LogP contribution in [-0.4, -0.2) is 9.97 Å². The van der Waals surface area contributed by atoms with Crippen molar-refractivity contribution in [1.29, 1.82) is 0 Å². The molecule has 0 saturated heterocycles. The second-order valence-corrected chi connectivity index (χ2v) is 5.51. The molecule has 1 aromatic carbocycles. The first-order valence-corrected chi connectivity index (χ1v) is 7.56. The van der Waals surface area contributed by atoms with Gasteiger partial charge in [-0.05, 0) is 18.9 Å². The largest absolute Gasteiger partial charge is 0.344 e. The Balaban J connectivity index is 1.86. The summed E-state index contributed by atoms with van der Waals surface area (Å²) >= 11 is 6.15. The van der Waals surface area contributed by atoms with Gasteiger partial charge in [-0.3, -0.25) is 0 Å². The molecular formula is C16H22ClN3. The van der Waals surface area contributed by atoms with Gasteiger partial charge in [0.2, 0.25) is 0 Å². The summed E-state index contributed by atoms with van der Waals surface area (Å²) in [4.78, 5) is 7.67. The maximum absolute atomic E-state index is 6.15. The van der Waals surface area contributed by atoms with Crippen molar-refractivity contribution in [3.63, 3.8) is 0 Å². The Morgan fingerprint density at radius 2 is 2.15 bits per heavy atom. The van der Waals surface area contributed by atoms with Crippen molar-refractivity contribution in [2.75, 3.05) is 0 Å². The fourth-order valence-electron chi connectivity index (χ4n) is 2.17. The molecule has 0 bridgehead atoms. The Morgan fingerprint density at radius 3 is 2.90 bits per heavy atom. The molecule has 20 heavy (non-hydrogen) atoms. The number of imidazole rings is 1. The van der Waals surface area contributed by atoms with Crippen molar-refractivity contribution < 1.29 is 0 Å². The lowest BCUT2D eigenvalue weighted by atomic mass is 10.1. The summed E-state index contributed by atoms with van der Waals surface area (Å²) in [6.07, 6.45) is 3.27. The number of hydrogen-bond acceptors (Lipinski definition) is 2. The first kappa shape index (κ1) is 15.1. The van der Waals surface area contributed by atoms with Crippen molar-refractivity contribution in [2.24, 2.45) is 0 Å². The summed E-state index contributed by atoms with van der Waals surface area (Å²) in [6.45, 7) is 5.83. The Morgan fingerprint density at radius 1 is 1.30 bits per heavy atom. The van der Waals surface area contributed by atoms with Gasteiger partial charge in [0.05, 0.1) is 5.69 Å². The van der Waals surface area contributed by atoms with Crippen LogP contribution in [-0.2, 0) is 19.5 Å². The third-order valence-electron chi connectivity index (χ3n) is 3.26. The van der Waals surface area contributed by atoms with Gasteiger partial charge < -0.3 is 10.3 Å². The molecule has 3 nitrogen and oxygen atoms in total. The van der Waals surface area contributed by atoms with Crippen molar-refractivity contribution >= 4 is 11.6 Å². The highest BCUT2D eigenvalue weighted by Gasteiger charge is 2.07. The van der Waals surface area contributed by atoms with Crippen LogP contribution in [0.4, 0.5) is 0 Å². The molecule has 0 aliphatic carbocycles. The van der Waals surface area contributed by atoms with Crippen molar-refractivity contribution in [3.05, 3.63) is 52.1 Å². The highest BCUT2D eigenvalue weighted by molar-refractivity contribution is 6.30. The van der Waals surface area contributed by atoms with Crippen LogP contribution in [0.25, 0.3) is 0 Å². The van der Waals surface area contributed by atoms with E-state index in [1.807, 2.05) is 0 Å². The average molecular weight is 292 g/mol. The predicted octanol–water partition coefficient (Wildman–Crippen LogP) is 4.00. The van der Waals surface area contributed by atoms with Gasteiger partial charge in [0.15, 0.2) is 5.15 Å². The summed E-state index contributed by atoms with van der Waals surface area (Å²) in [5.41, 5.74) is 3.54. The van der Waals surface area contributed by atoms with Gasteiger partial charge >= 0.3 is 0 Å². The SMILES string of the molecule is CCCCc1nc(Cl)c(CNCc2cccc(C)c2)[nH]1. The number of unbranched alkanes of at least 4 members (excludes halogenated alkanes) is 1. The molecular weight excluding hydrogens is 270 g/mol. The van der Waals surface area contributed by atoms with Crippen LogP contribution in [0.3, 0.4) is 0 Å². The summed E-state index contributed by atoms with van der Waals surface area (Å²) in [6, 6.07) is 8.50. The molecule has 0 radical (unpaired) electrons. The number of aromatic nitrogens is 2. The zero-order chi connectivity index (χ0) is 14.4. The molecule has 1 heterocycles. The number of rotatable bonds is 7. The Kier molecular flexibility index (Phi) is 5.62. The second-order valence-electron chi connectivity index (χ2n) is 5.15. The van der Waals surface area contributed by atoms with Crippen molar-refractivity contribution in [2.45, 2.75) is 46.2 Å². The van der Waals surface area contributed by atoms with Gasteiger partial charge in [0, 0.05) is 19.5 Å². The highest BCUT2D eigenvalue weighted by atomic mass is 35.5. The van der Waals surface area contributed by atoms with E-state index in [0.717, 1.165) is 30.9 Å². The van der Waals surface area contributed by atoms with Gasteiger partial charge in [-0.25, -0.2) is 4.98 Å². The maximum atomic E-state index is 6.15. The summed E-state index contributed by atoms with van der Waals surface area (Å²) in [7, 11) is 0. The van der Waals surface area contributed by atoms with Gasteiger partial charge in [0.25, 0.3) is 0 Å². The molecule has 1 aromatic heterocycles. The minimum atomic E-state index is 0.591. The Hall–Kier alpha value is -1.32. The lowest BCUT2D eigenvalue weighted by Crippen LogP contribution is -2.13. The van der Waals surface area contributed by atoms with Gasteiger partial charge in [-0.15, -0.1) is 0 Å². The van der Waals surface area contributed by atoms with Crippen LogP contribution in [0.5, 0.6) is 0 Å². The summed E-state index contributed by atoms with van der Waals surface area (Å²) < 4.78 is 0. The molecule has 0 aliphatic rings. The highest BCUT2D eigenvalue weighted by Crippen LogP contribution is 2.14. The van der Waals surface area contributed by atoms with Gasteiger partial charge in [0.1, 0.15) is 5.82 Å². The van der Waals surface area contributed by atoms with E-state index in [0.29, 0.717) is 11.7 Å². The van der Waals surface area contributed by atoms with Crippen molar-refractivity contribution in [1.82, 2.24) is 15.3 Å². The molecule has 0 aliphatic heterocycles. The lowest BCUT2D eigenvalue weighted by molar-refractivity contribution is 0.678. The fourth-order valence-corrected chi connectivity index (χ4v) is 2.39. The monoisotopic (exact) mass is 291 g/mol. The van der Waals surface area contributed by atoms with E-state index < -0.39 is 0 Å². The standard InChI is InChI=1S/C16H22ClN3/c1-3-4-8-15-19-14(16(17)20-15)11-18-10-13-7-5-6-12(2)9-13/h5-7,9,18H,3-4,8,10-11H2,1-2H3,(H,19,20). The number of nitrogens with one attached hydrogen (secondary N) is 2. The molecule has 2 aromatic rings. The average Bonchev–Trinajstić information content (AvgIpc) is 2.77. The van der Waals surface area contributed by atoms with Crippen molar-refractivity contribution in [3.8, 4) is 0 Å². The van der Waals surface area contributed by atoms with E-state index >= 15 is 0 Å². The molecule has 0 spiro atoms. The van der Waals surface area contributed by atoms with E-state index in [-0.39, 0.29) is 0 Å². The first-order chi connectivity index (χ1) is 9.69. The molecule has 0 atom stereocenters. The van der Waals surface area contributed by atoms with Gasteiger partial charge in [-0.2, -0.15) is 0 Å². The zero-order valence-corrected chi connectivity index (χ0v) is 12.9. The number of hydrogen-bond donors (Lipinski definition) is 2. The molecule has 0 amide bonds. The number of benzene rings is 1. The molecule has 108 valence electrons. The number of H-pyrrole nitrogens is 1. The third kappa shape index (κ3) is 4.36. The molecule has 2 N–H and O–H groups in total. The number of aromatic amines is 1. The fraction of sp³-hybridized carbons (Fsp3) is 0.438. The van der Waals surface area contributed by atoms with E-state index in [4.69, 9.17) is 11.6 Å². The van der Waals surface area contributed by atoms with Crippen LogP contribution in [0.15, 0.2) is 24.3 Å². The number of halogens is 1. The topological polar surface area (TPSA) is 40.7 Å². The maximum Gasteiger partial charge on any atom is 0.151 e. The zero-order valence-electron chi connectivity index (χ0n) is 12.2. The normalized spacial score (nSPS) is 10.9. The Bertz CT molecular complexity index is 548. The van der Waals surface area contributed by atoms with Crippen LogP contribution >= 0.6 is 11.6 Å². The lowest BCUT2D eigenvalue weighted by Gasteiger charge is -2.04. The van der Waals surface area contributed by atoms with Gasteiger partial charge in [-0.1, -0.05) is 54.8 Å². The molecule has 2 rings (SSSR count). The van der Waals surface area contributed by atoms with Crippen LogP contribution in [0, 0.1) is 6.92 Å². The van der Waals surface area contributed by atoms with E-state index in [9.17, 15) is 0 Å². The second kappa shape index (κ2) is 7.46. The van der Waals surface area contributed by atoms with E-state index in [2.05, 4.69) is 53.4 Å². The summed E-state index contributed by atoms with van der Waals surface area (Å²) in [5.74, 6) is 0.990. The number of nitrogens with zero attached hydrogens (tertiary/aromatic N) is 1. The molecule has 4 heteroatoms. The van der Waals surface area contributed by atoms with Crippen LogP contribution in [0.1, 0.15) is 42.4 Å². The quantitative estimate of drug-likeness (QED) is 0.809. The first-order valence-electron chi connectivity index (χ1n) is 7.18. The van der Waals surface area contributed by atoms with Crippen LogP contribution in [0.2, 0.25) is 5.15 Å². The molecule has 0 saturated carbocycles. The number of aryl methyl sites for hydroxylation is 2. The Labute approximate surface area is 125 Å². The smallest absolute Gasteiger partial charge is 0.151 e. The molecule has 0 fully saturated rings. The third-order valence-corrected chi connectivity index (χ3v) is 3.57. The minimum absolute atomic E-state index is 0.591. The van der Waals surface area contributed by atoms with Crippen LogP contribution < -0.4 is 5.32 Å². The minimum Gasteiger partial charge on any atom is -0.344 e. The summed E-state index contributed by atoms with van der Waals surface area (Å²) in [5, 5.41) is 3.99.